The number of hydrogen-bond acceptors (Lipinski definition) is 5. The van der Waals surface area contributed by atoms with Gasteiger partial charge in [-0.1, -0.05) is 25.5 Å². The average molecular weight is 384 g/mol. The van der Waals surface area contributed by atoms with Crippen molar-refractivity contribution in [2.75, 3.05) is 7.11 Å². The molecule has 0 aromatic carbocycles. The molecular formula is C21H29NaO5. The first-order valence-electron chi connectivity index (χ1n) is 9.62. The molecule has 0 saturated heterocycles. The van der Waals surface area contributed by atoms with E-state index < -0.39 is 17.3 Å². The van der Waals surface area contributed by atoms with E-state index >= 15 is 0 Å². The first-order chi connectivity index (χ1) is 12.2. The van der Waals surface area contributed by atoms with E-state index in [1.807, 2.05) is 13.0 Å². The number of hydrogen-bond donors (Lipinski definition) is 0. The number of carbonyl (C=O) groups excluding carboxylic acids is 3. The molecule has 27 heavy (non-hydrogen) atoms. The smallest absolute Gasteiger partial charge is 0.550 e. The van der Waals surface area contributed by atoms with Crippen LogP contribution >= 0.6 is 0 Å². The molecule has 3 aliphatic rings. The Balaban J connectivity index is 0.00000261. The summed E-state index contributed by atoms with van der Waals surface area (Å²) in [7, 11) is 1.70. The van der Waals surface area contributed by atoms with E-state index in [0.29, 0.717) is 18.8 Å². The minimum Gasteiger partial charge on any atom is -0.550 e. The minimum atomic E-state index is -1.28. The zero-order valence-corrected chi connectivity index (χ0v) is 19.1. The fraction of sp³-hybridized carbons (Fsp3) is 0.762. The van der Waals surface area contributed by atoms with Crippen molar-refractivity contribution < 1.29 is 53.8 Å². The van der Waals surface area contributed by atoms with Gasteiger partial charge in [0.1, 0.15) is 12.1 Å². The van der Waals surface area contributed by atoms with Gasteiger partial charge in [-0.3, -0.25) is 4.79 Å². The molecule has 1 unspecified atom stereocenters. The van der Waals surface area contributed by atoms with Crippen molar-refractivity contribution in [1.82, 2.24) is 0 Å². The maximum absolute atomic E-state index is 13.3. The molecule has 3 aliphatic carbocycles. The molecular weight excluding hydrogens is 355 g/mol. The van der Waals surface area contributed by atoms with E-state index in [-0.39, 0.29) is 65.1 Å². The summed E-state index contributed by atoms with van der Waals surface area (Å²) in [6.45, 7) is 6.16. The van der Waals surface area contributed by atoms with Crippen LogP contribution in [-0.4, -0.2) is 31.3 Å². The molecule has 2 fully saturated rings. The van der Waals surface area contributed by atoms with Gasteiger partial charge < -0.3 is 19.4 Å². The molecule has 0 aromatic rings. The molecule has 0 aromatic heterocycles. The molecule has 0 heterocycles. The second kappa shape index (κ2) is 8.10. The topological polar surface area (TPSA) is 83.5 Å². The van der Waals surface area contributed by atoms with E-state index in [2.05, 4.69) is 13.8 Å². The van der Waals surface area contributed by atoms with Gasteiger partial charge in [0.2, 0.25) is 0 Å². The van der Waals surface area contributed by atoms with Crippen molar-refractivity contribution in [2.45, 2.75) is 59.0 Å². The number of ketones is 1. The molecule has 0 spiro atoms. The predicted octanol–water partition coefficient (Wildman–Crippen LogP) is -1.06. The van der Waals surface area contributed by atoms with Crippen molar-refractivity contribution in [3.63, 3.8) is 0 Å². The largest absolute Gasteiger partial charge is 1.00 e. The zero-order chi connectivity index (χ0) is 19.3. The third kappa shape index (κ3) is 3.19. The van der Waals surface area contributed by atoms with Crippen LogP contribution in [0.5, 0.6) is 0 Å². The molecule has 0 amide bonds. The normalized spacial score (nSPS) is 43.6. The second-order valence-corrected chi connectivity index (χ2v) is 8.79. The molecule has 0 radical (unpaired) electrons. The van der Waals surface area contributed by atoms with Gasteiger partial charge in [0.05, 0.1) is 11.5 Å². The van der Waals surface area contributed by atoms with Gasteiger partial charge >= 0.3 is 29.6 Å². The second-order valence-electron chi connectivity index (χ2n) is 8.79. The van der Waals surface area contributed by atoms with Gasteiger partial charge in [0.25, 0.3) is 0 Å². The van der Waals surface area contributed by atoms with Crippen molar-refractivity contribution >= 4 is 18.0 Å². The van der Waals surface area contributed by atoms with E-state index in [4.69, 9.17) is 4.74 Å². The van der Waals surface area contributed by atoms with Gasteiger partial charge in [-0.25, -0.2) is 0 Å². The number of carbonyl (C=O) groups is 3. The summed E-state index contributed by atoms with van der Waals surface area (Å²) >= 11 is 0. The van der Waals surface area contributed by atoms with E-state index in [0.717, 1.165) is 24.7 Å². The van der Waals surface area contributed by atoms with Crippen LogP contribution in [0.25, 0.3) is 0 Å². The quantitative estimate of drug-likeness (QED) is 0.267. The molecule has 6 heteroatoms. The number of ether oxygens (including phenoxy) is 1. The van der Waals surface area contributed by atoms with Crippen LogP contribution in [0.4, 0.5) is 0 Å². The summed E-state index contributed by atoms with van der Waals surface area (Å²) < 4.78 is 5.85. The molecule has 0 aliphatic heterocycles. The summed E-state index contributed by atoms with van der Waals surface area (Å²) in [6.07, 6.45) is 5.30. The third-order valence-electron chi connectivity index (χ3n) is 7.93. The maximum atomic E-state index is 13.3. The number of aliphatic carboxylic acids is 1. The summed E-state index contributed by atoms with van der Waals surface area (Å²) in [5, 5.41) is 11.4. The van der Waals surface area contributed by atoms with Crippen molar-refractivity contribution in [3.8, 4) is 0 Å². The third-order valence-corrected chi connectivity index (χ3v) is 7.93. The number of carboxylic acid groups (broad SMARTS) is 1. The Morgan fingerprint density at radius 3 is 2.63 bits per heavy atom. The van der Waals surface area contributed by atoms with Crippen molar-refractivity contribution in [1.29, 1.82) is 0 Å². The number of carboxylic acids is 1. The molecule has 5 nitrogen and oxygen atoms in total. The van der Waals surface area contributed by atoms with Crippen LogP contribution in [0.1, 0.15) is 52.9 Å². The van der Waals surface area contributed by atoms with Gasteiger partial charge in [-0.15, -0.1) is 0 Å². The number of methoxy groups -OCH3 is 1. The predicted molar refractivity (Wildman–Crippen MR) is 93.9 cm³/mol. The van der Waals surface area contributed by atoms with Crippen LogP contribution in [0.3, 0.4) is 0 Å². The van der Waals surface area contributed by atoms with Crippen LogP contribution in [0, 0.1) is 34.5 Å². The summed E-state index contributed by atoms with van der Waals surface area (Å²) in [4.78, 5) is 37.2. The number of Topliss-reactive ketones (excluding diaryl/α,β-unsaturated/α-hetero) is 1. The van der Waals surface area contributed by atoms with Crippen LogP contribution < -0.4 is 34.7 Å². The zero-order valence-electron chi connectivity index (χ0n) is 17.1. The van der Waals surface area contributed by atoms with Crippen LogP contribution in [0.2, 0.25) is 0 Å². The number of aldehydes is 1. The summed E-state index contributed by atoms with van der Waals surface area (Å²) in [6, 6.07) is 0. The number of rotatable bonds is 4. The molecule has 0 bridgehead atoms. The Hall–Kier alpha value is -0.490. The monoisotopic (exact) mass is 384 g/mol. The molecule has 7 atom stereocenters. The Morgan fingerprint density at radius 2 is 2.07 bits per heavy atom. The van der Waals surface area contributed by atoms with E-state index in [9.17, 15) is 19.5 Å². The van der Waals surface area contributed by atoms with Gasteiger partial charge in [-0.2, -0.15) is 0 Å². The standard InChI is InChI=1S/C21H30O5.Na/c1-12-6-8-18(26-4)20(3)14(12)9-17(23)21(11-22)15(10-19(24)25)13(2)5-7-16(20)21;/h5,11-12,14-16,18H,6-10H2,1-4H3,(H,24,25);/q;+1/p-1/t12-,14+,15-,16?,18-,20+,21+;/m1./s1. The molecule has 144 valence electrons. The maximum Gasteiger partial charge on any atom is 1.00 e. The number of fused-ring (bicyclic) bond motifs is 3. The molecule has 0 N–H and O–H groups in total. The van der Waals surface area contributed by atoms with Crippen LogP contribution in [0.15, 0.2) is 11.6 Å². The van der Waals surface area contributed by atoms with Crippen molar-refractivity contribution in [3.05, 3.63) is 11.6 Å². The first kappa shape index (κ1) is 22.8. The summed E-state index contributed by atoms with van der Waals surface area (Å²) in [5.41, 5.74) is -0.800. The number of allylic oxidation sites excluding steroid dienone is 2. The minimum absolute atomic E-state index is 0. The Kier molecular flexibility index (Phi) is 6.83. The van der Waals surface area contributed by atoms with Crippen LogP contribution in [-0.2, 0) is 19.1 Å². The van der Waals surface area contributed by atoms with E-state index in [1.165, 1.54) is 0 Å². The van der Waals surface area contributed by atoms with Gasteiger partial charge in [0, 0.05) is 30.8 Å². The van der Waals surface area contributed by atoms with Gasteiger partial charge in [-0.05, 0) is 50.4 Å². The van der Waals surface area contributed by atoms with Crippen molar-refractivity contribution in [2.24, 2.45) is 34.5 Å². The Morgan fingerprint density at radius 1 is 1.41 bits per heavy atom. The average Bonchev–Trinajstić information content (AvgIpc) is 2.59. The molecule has 3 rings (SSSR count). The van der Waals surface area contributed by atoms with Gasteiger partial charge in [0.15, 0.2) is 0 Å². The fourth-order valence-electron chi connectivity index (χ4n) is 6.57. The van der Waals surface area contributed by atoms with E-state index in [1.54, 1.807) is 7.11 Å². The first-order valence-corrected chi connectivity index (χ1v) is 9.62. The Labute approximate surface area is 183 Å². The fourth-order valence-corrected chi connectivity index (χ4v) is 6.57. The summed E-state index contributed by atoms with van der Waals surface area (Å²) in [5.74, 6) is -1.63. The SMILES string of the molecule is CO[C@@H]1CC[C@@H](C)[C@@H]2CC(=O)[C@]3(C=O)C(CC=C(C)[C@H]3CC(=O)[O-])[C@@]12C.[Na+]. The Bertz CT molecular complexity index is 659. The molecule has 2 saturated carbocycles.